The van der Waals surface area contributed by atoms with Crippen LogP contribution >= 0.6 is 0 Å². The molecule has 0 bridgehead atoms. The molecule has 0 radical (unpaired) electrons. The summed E-state index contributed by atoms with van der Waals surface area (Å²) in [6, 6.07) is 11.1. The molecule has 0 spiro atoms. The van der Waals surface area contributed by atoms with E-state index in [1.54, 1.807) is 32.4 Å². The van der Waals surface area contributed by atoms with Crippen molar-refractivity contribution in [3.63, 3.8) is 0 Å². The van der Waals surface area contributed by atoms with Crippen molar-refractivity contribution in [1.29, 1.82) is 0 Å². The normalized spacial score (nSPS) is 16.3. The molecule has 1 saturated heterocycles. The van der Waals surface area contributed by atoms with Gasteiger partial charge in [0.2, 0.25) is 5.96 Å². The highest BCUT2D eigenvalue weighted by atomic mass is 16.5. The second-order valence-electron chi connectivity index (χ2n) is 7.32. The van der Waals surface area contributed by atoms with Gasteiger partial charge in [-0.25, -0.2) is 4.99 Å². The zero-order valence-corrected chi connectivity index (χ0v) is 18.0. The fourth-order valence-electron chi connectivity index (χ4n) is 3.21. The lowest BCUT2D eigenvalue weighted by Crippen LogP contribution is -2.37. The van der Waals surface area contributed by atoms with Crippen LogP contribution in [-0.4, -0.2) is 45.3 Å². The Hall–Kier alpha value is -3.06. The smallest absolute Gasteiger partial charge is 0.258 e. The highest BCUT2D eigenvalue weighted by Gasteiger charge is 2.17. The van der Waals surface area contributed by atoms with E-state index in [1.165, 1.54) is 0 Å². The van der Waals surface area contributed by atoms with Crippen molar-refractivity contribution in [3.8, 4) is 11.5 Å². The van der Waals surface area contributed by atoms with Gasteiger partial charge in [0.25, 0.3) is 5.91 Å². The number of guanidine groups is 1. The summed E-state index contributed by atoms with van der Waals surface area (Å²) in [7, 11) is 3.10. The lowest BCUT2D eigenvalue weighted by Gasteiger charge is -2.16. The molecule has 7 heteroatoms. The minimum absolute atomic E-state index is 0.0780. The van der Waals surface area contributed by atoms with Crippen LogP contribution in [0.1, 0.15) is 34.3 Å². The number of rotatable bonds is 6. The van der Waals surface area contributed by atoms with Gasteiger partial charge in [-0.15, -0.1) is 0 Å². The van der Waals surface area contributed by atoms with Gasteiger partial charge in [0.05, 0.1) is 26.9 Å². The number of hydrogen-bond acceptors (Lipinski definition) is 5. The second-order valence-corrected chi connectivity index (χ2v) is 7.32. The molecule has 1 heterocycles. The monoisotopic (exact) mass is 411 g/mol. The Labute approximate surface area is 177 Å². The average Bonchev–Trinajstić information content (AvgIpc) is 3.27. The van der Waals surface area contributed by atoms with Crippen LogP contribution in [0.2, 0.25) is 0 Å². The Balaban J connectivity index is 1.83. The zero-order valence-electron chi connectivity index (χ0n) is 18.0. The molecule has 160 valence electrons. The molecule has 0 aliphatic carbocycles. The first kappa shape index (κ1) is 21.6. The van der Waals surface area contributed by atoms with Gasteiger partial charge in [0.15, 0.2) is 0 Å². The van der Waals surface area contributed by atoms with Crippen molar-refractivity contribution in [2.75, 3.05) is 32.7 Å². The summed E-state index contributed by atoms with van der Waals surface area (Å²) in [5.41, 5.74) is 3.48. The topological polar surface area (TPSA) is 81.2 Å². The number of ether oxygens (including phenoxy) is 3. The van der Waals surface area contributed by atoms with Crippen LogP contribution in [0.3, 0.4) is 0 Å². The Bertz CT molecular complexity index is 898. The van der Waals surface area contributed by atoms with Crippen LogP contribution in [0, 0.1) is 13.8 Å². The summed E-state index contributed by atoms with van der Waals surface area (Å²) < 4.78 is 16.2. The first-order valence-electron chi connectivity index (χ1n) is 10.0. The molecule has 1 aliphatic heterocycles. The van der Waals surface area contributed by atoms with E-state index >= 15 is 0 Å². The van der Waals surface area contributed by atoms with E-state index in [0.29, 0.717) is 29.6 Å². The molecule has 1 atom stereocenters. The molecule has 0 unspecified atom stereocenters. The van der Waals surface area contributed by atoms with E-state index in [9.17, 15) is 4.79 Å². The number of aryl methyl sites for hydroxylation is 2. The van der Waals surface area contributed by atoms with Gasteiger partial charge < -0.3 is 19.5 Å². The molecule has 2 N–H and O–H groups in total. The highest BCUT2D eigenvalue weighted by molar-refractivity contribution is 6.10. The van der Waals surface area contributed by atoms with E-state index in [4.69, 9.17) is 14.2 Å². The zero-order chi connectivity index (χ0) is 21.5. The number of methoxy groups -OCH3 is 2. The van der Waals surface area contributed by atoms with E-state index < -0.39 is 0 Å². The largest absolute Gasteiger partial charge is 0.497 e. The minimum Gasteiger partial charge on any atom is -0.497 e. The Kier molecular flexibility index (Phi) is 7.30. The summed E-state index contributed by atoms with van der Waals surface area (Å²) in [5.74, 6) is 1.15. The molecule has 30 heavy (non-hydrogen) atoms. The number of aliphatic imine (C=N–C) groups is 1. The van der Waals surface area contributed by atoms with Gasteiger partial charge >= 0.3 is 0 Å². The van der Waals surface area contributed by atoms with Gasteiger partial charge in [0.1, 0.15) is 11.5 Å². The van der Waals surface area contributed by atoms with Crippen LogP contribution in [-0.2, 0) is 4.74 Å². The van der Waals surface area contributed by atoms with Crippen molar-refractivity contribution < 1.29 is 19.0 Å². The minimum atomic E-state index is -0.309. The number of carbonyl (C=O) groups excluding carboxylic acids is 1. The maximum atomic E-state index is 13.0. The predicted octanol–water partition coefficient (Wildman–Crippen LogP) is 3.70. The van der Waals surface area contributed by atoms with Crippen LogP contribution in [0.15, 0.2) is 41.4 Å². The number of carbonyl (C=O) groups is 1. The van der Waals surface area contributed by atoms with Crippen molar-refractivity contribution in [1.82, 2.24) is 5.32 Å². The maximum absolute atomic E-state index is 13.0. The fourth-order valence-corrected chi connectivity index (χ4v) is 3.21. The van der Waals surface area contributed by atoms with E-state index in [-0.39, 0.29) is 12.0 Å². The quantitative estimate of drug-likeness (QED) is 0.560. The molecular formula is C23H29N3O4. The molecule has 2 aromatic carbocycles. The SMILES string of the molecule is COc1cc(OC)cc(C(=O)NC(=NC[C@H]2CCCO2)Nc2cc(C)ccc2C)c1. The van der Waals surface area contributed by atoms with Gasteiger partial charge in [-0.1, -0.05) is 12.1 Å². The first-order chi connectivity index (χ1) is 14.5. The maximum Gasteiger partial charge on any atom is 0.258 e. The van der Waals surface area contributed by atoms with Crippen LogP contribution < -0.4 is 20.1 Å². The molecule has 2 aromatic rings. The predicted molar refractivity (Wildman–Crippen MR) is 118 cm³/mol. The lowest BCUT2D eigenvalue weighted by atomic mass is 10.1. The van der Waals surface area contributed by atoms with Crippen molar-refractivity contribution in [3.05, 3.63) is 53.1 Å². The molecular weight excluding hydrogens is 382 g/mol. The van der Waals surface area contributed by atoms with Crippen LogP contribution in [0.25, 0.3) is 0 Å². The van der Waals surface area contributed by atoms with Crippen molar-refractivity contribution in [2.24, 2.45) is 4.99 Å². The fraction of sp³-hybridized carbons (Fsp3) is 0.391. The second kappa shape index (κ2) is 10.1. The lowest BCUT2D eigenvalue weighted by molar-refractivity contribution is 0.0975. The third kappa shape index (κ3) is 5.73. The van der Waals surface area contributed by atoms with Gasteiger partial charge in [-0.2, -0.15) is 0 Å². The van der Waals surface area contributed by atoms with Crippen molar-refractivity contribution >= 4 is 17.6 Å². The number of amides is 1. The summed E-state index contributed by atoms with van der Waals surface area (Å²) in [6.45, 7) is 5.27. The van der Waals surface area contributed by atoms with E-state index in [0.717, 1.165) is 36.3 Å². The van der Waals surface area contributed by atoms with Gasteiger partial charge in [-0.05, 0) is 56.0 Å². The van der Waals surface area contributed by atoms with Crippen molar-refractivity contribution in [2.45, 2.75) is 32.8 Å². The molecule has 7 nitrogen and oxygen atoms in total. The molecule has 3 rings (SSSR count). The molecule has 1 aliphatic rings. The number of nitrogens with one attached hydrogen (secondary N) is 2. The number of benzene rings is 2. The first-order valence-corrected chi connectivity index (χ1v) is 10.0. The third-order valence-corrected chi connectivity index (χ3v) is 4.97. The Morgan fingerprint density at radius 3 is 2.50 bits per heavy atom. The summed E-state index contributed by atoms with van der Waals surface area (Å²) >= 11 is 0. The Morgan fingerprint density at radius 2 is 1.87 bits per heavy atom. The summed E-state index contributed by atoms with van der Waals surface area (Å²) in [5, 5.41) is 6.16. The number of nitrogens with zero attached hydrogens (tertiary/aromatic N) is 1. The third-order valence-electron chi connectivity index (χ3n) is 4.97. The summed E-state index contributed by atoms with van der Waals surface area (Å²) in [4.78, 5) is 17.6. The number of hydrogen-bond donors (Lipinski definition) is 2. The standard InChI is InChI=1S/C23H29N3O4/c1-15-7-8-16(2)21(10-15)25-23(24-14-18-6-5-9-30-18)26-22(27)17-11-19(28-3)13-20(12-17)29-4/h7-8,10-13,18H,5-6,9,14H2,1-4H3,(H2,24,25,26,27)/t18-/m1/s1. The van der Waals surface area contributed by atoms with Crippen LogP contribution in [0.4, 0.5) is 5.69 Å². The van der Waals surface area contributed by atoms with E-state index in [1.807, 2.05) is 32.0 Å². The molecule has 0 aromatic heterocycles. The number of anilines is 1. The van der Waals surface area contributed by atoms with Gasteiger partial charge in [-0.3, -0.25) is 10.1 Å². The van der Waals surface area contributed by atoms with E-state index in [2.05, 4.69) is 15.6 Å². The molecule has 1 fully saturated rings. The Morgan fingerprint density at radius 1 is 1.13 bits per heavy atom. The highest BCUT2D eigenvalue weighted by Crippen LogP contribution is 2.22. The average molecular weight is 412 g/mol. The van der Waals surface area contributed by atoms with Crippen LogP contribution in [0.5, 0.6) is 11.5 Å². The molecule has 0 saturated carbocycles. The summed E-state index contributed by atoms with van der Waals surface area (Å²) in [6.07, 6.45) is 2.09. The van der Waals surface area contributed by atoms with Gasteiger partial charge in [0, 0.05) is 23.9 Å². The molecule has 1 amide bonds.